The number of hydrogen-bond donors (Lipinski definition) is 2. The Morgan fingerprint density at radius 3 is 2.37 bits per heavy atom. The van der Waals surface area contributed by atoms with Crippen LogP contribution in [0, 0.1) is 0 Å². The Hall–Kier alpha value is -1.49. The van der Waals surface area contributed by atoms with E-state index in [-0.39, 0.29) is 21.3 Å². The number of nitrogens with one attached hydrogen (secondary N) is 1. The summed E-state index contributed by atoms with van der Waals surface area (Å²) in [5.74, 6) is -0.0693. The van der Waals surface area contributed by atoms with Crippen molar-refractivity contribution in [3.8, 4) is 0 Å². The molecule has 0 saturated carbocycles. The lowest BCUT2D eigenvalue weighted by Gasteiger charge is -2.07. The van der Waals surface area contributed by atoms with E-state index in [1.807, 2.05) is 0 Å². The lowest BCUT2D eigenvalue weighted by Crippen LogP contribution is -2.13. The van der Waals surface area contributed by atoms with E-state index in [0.717, 1.165) is 0 Å². The molecule has 1 amide bonds. The van der Waals surface area contributed by atoms with Crippen LogP contribution in [-0.2, 0) is 0 Å². The second-order valence-corrected chi connectivity index (χ2v) is 4.92. The lowest BCUT2D eigenvalue weighted by molar-refractivity contribution is 0.102. The van der Waals surface area contributed by atoms with Crippen LogP contribution in [0.15, 0.2) is 30.5 Å². The third-order valence-electron chi connectivity index (χ3n) is 2.30. The third-order valence-corrected chi connectivity index (χ3v) is 3.17. The molecule has 0 fully saturated rings. The van der Waals surface area contributed by atoms with Gasteiger partial charge in [0.25, 0.3) is 5.91 Å². The van der Waals surface area contributed by atoms with E-state index in [4.69, 9.17) is 40.5 Å². The van der Waals surface area contributed by atoms with Crippen molar-refractivity contribution in [2.24, 2.45) is 0 Å². The Labute approximate surface area is 124 Å². The second-order valence-electron chi connectivity index (χ2n) is 3.67. The quantitative estimate of drug-likeness (QED) is 0.826. The summed E-state index contributed by atoms with van der Waals surface area (Å²) in [5, 5.41) is 3.49. The van der Waals surface area contributed by atoms with Crippen molar-refractivity contribution in [3.05, 3.63) is 51.1 Å². The van der Waals surface area contributed by atoms with E-state index in [1.54, 1.807) is 6.07 Å². The molecule has 0 saturated heterocycles. The number of pyridine rings is 1. The molecule has 2 aromatic rings. The van der Waals surface area contributed by atoms with E-state index < -0.39 is 5.91 Å². The number of nitrogens with two attached hydrogens (primary N) is 1. The van der Waals surface area contributed by atoms with Gasteiger partial charge in [0.05, 0.1) is 15.7 Å². The minimum absolute atomic E-state index is 0.219. The molecule has 2 rings (SSSR count). The summed E-state index contributed by atoms with van der Waals surface area (Å²) in [6, 6.07) is 6.00. The molecule has 0 spiro atoms. The van der Waals surface area contributed by atoms with Crippen molar-refractivity contribution in [2.75, 3.05) is 11.1 Å². The van der Waals surface area contributed by atoms with Gasteiger partial charge in [-0.1, -0.05) is 34.8 Å². The van der Waals surface area contributed by atoms with Gasteiger partial charge in [-0.2, -0.15) is 0 Å². The maximum absolute atomic E-state index is 12.0. The molecule has 7 heteroatoms. The van der Waals surface area contributed by atoms with Crippen LogP contribution in [0.2, 0.25) is 15.1 Å². The van der Waals surface area contributed by atoms with Gasteiger partial charge >= 0.3 is 0 Å². The van der Waals surface area contributed by atoms with Gasteiger partial charge in [-0.3, -0.25) is 4.79 Å². The summed E-state index contributed by atoms with van der Waals surface area (Å²) < 4.78 is 0. The molecule has 98 valence electrons. The average Bonchev–Trinajstić information content (AvgIpc) is 2.35. The van der Waals surface area contributed by atoms with E-state index >= 15 is 0 Å². The number of carbonyl (C=O) groups excluding carboxylic acids is 1. The number of halogens is 3. The van der Waals surface area contributed by atoms with Gasteiger partial charge in [0.15, 0.2) is 0 Å². The Morgan fingerprint density at radius 2 is 1.79 bits per heavy atom. The molecule has 1 aromatic carbocycles. The smallest absolute Gasteiger partial charge is 0.256 e. The lowest BCUT2D eigenvalue weighted by atomic mass is 10.2. The fourth-order valence-corrected chi connectivity index (χ4v) is 2.02. The fourth-order valence-electron chi connectivity index (χ4n) is 1.38. The van der Waals surface area contributed by atoms with Gasteiger partial charge in [0, 0.05) is 16.8 Å². The van der Waals surface area contributed by atoms with E-state index in [1.165, 1.54) is 24.4 Å². The molecular formula is C12H8Cl3N3O. The van der Waals surface area contributed by atoms with Gasteiger partial charge in [-0.15, -0.1) is 0 Å². The van der Waals surface area contributed by atoms with Crippen LogP contribution in [0.1, 0.15) is 10.4 Å². The van der Waals surface area contributed by atoms with Crippen molar-refractivity contribution in [2.45, 2.75) is 0 Å². The molecule has 3 N–H and O–H groups in total. The SMILES string of the molecule is Nc1c(Cl)cc(C(=O)Nc2cc(Cl)ccn2)cc1Cl. The number of amides is 1. The minimum Gasteiger partial charge on any atom is -0.396 e. The van der Waals surface area contributed by atoms with Crippen LogP contribution in [0.3, 0.4) is 0 Å². The Kier molecular flexibility index (Phi) is 4.14. The number of rotatable bonds is 2. The fraction of sp³-hybridized carbons (Fsp3) is 0. The van der Waals surface area contributed by atoms with Crippen molar-refractivity contribution >= 4 is 52.2 Å². The van der Waals surface area contributed by atoms with E-state index in [0.29, 0.717) is 10.8 Å². The van der Waals surface area contributed by atoms with Crippen molar-refractivity contribution in [1.82, 2.24) is 4.98 Å². The highest BCUT2D eigenvalue weighted by Crippen LogP contribution is 2.29. The Balaban J connectivity index is 2.25. The Bertz CT molecular complexity index is 623. The highest BCUT2D eigenvalue weighted by molar-refractivity contribution is 6.39. The van der Waals surface area contributed by atoms with Crippen LogP contribution >= 0.6 is 34.8 Å². The minimum atomic E-state index is -0.404. The first-order chi connectivity index (χ1) is 8.97. The number of anilines is 2. The second kappa shape index (κ2) is 5.65. The molecular weight excluding hydrogens is 309 g/mol. The zero-order valence-electron chi connectivity index (χ0n) is 9.45. The van der Waals surface area contributed by atoms with Crippen molar-refractivity contribution in [1.29, 1.82) is 0 Å². The predicted molar refractivity (Wildman–Crippen MR) is 78.1 cm³/mol. The zero-order chi connectivity index (χ0) is 14.0. The molecule has 0 radical (unpaired) electrons. The van der Waals surface area contributed by atoms with Gasteiger partial charge < -0.3 is 11.1 Å². The van der Waals surface area contributed by atoms with E-state index in [9.17, 15) is 4.79 Å². The van der Waals surface area contributed by atoms with Gasteiger partial charge in [-0.05, 0) is 24.3 Å². The normalized spacial score (nSPS) is 10.3. The first-order valence-electron chi connectivity index (χ1n) is 5.15. The van der Waals surface area contributed by atoms with E-state index in [2.05, 4.69) is 10.3 Å². The molecule has 0 atom stereocenters. The highest BCUT2D eigenvalue weighted by Gasteiger charge is 2.12. The zero-order valence-corrected chi connectivity index (χ0v) is 11.7. The molecule has 1 aromatic heterocycles. The van der Waals surface area contributed by atoms with Crippen LogP contribution in [0.5, 0.6) is 0 Å². The monoisotopic (exact) mass is 315 g/mol. The standard InChI is InChI=1S/C12H8Cl3N3O/c13-7-1-2-17-10(5-7)18-12(19)6-3-8(14)11(16)9(15)4-6/h1-5H,16H2,(H,17,18,19). The molecule has 0 bridgehead atoms. The first-order valence-corrected chi connectivity index (χ1v) is 6.28. The number of aromatic nitrogens is 1. The summed E-state index contributed by atoms with van der Waals surface area (Å²) >= 11 is 17.5. The first kappa shape index (κ1) is 13.9. The molecule has 1 heterocycles. The van der Waals surface area contributed by atoms with Gasteiger partial charge in [0.2, 0.25) is 0 Å². The number of carbonyl (C=O) groups is 1. The van der Waals surface area contributed by atoms with Crippen LogP contribution < -0.4 is 11.1 Å². The molecule has 0 aliphatic heterocycles. The van der Waals surface area contributed by atoms with Crippen molar-refractivity contribution in [3.63, 3.8) is 0 Å². The van der Waals surface area contributed by atoms with Crippen LogP contribution in [0.4, 0.5) is 11.5 Å². The summed E-state index contributed by atoms with van der Waals surface area (Å²) in [6.07, 6.45) is 1.49. The number of nitrogens with zero attached hydrogens (tertiary/aromatic N) is 1. The Morgan fingerprint density at radius 1 is 1.16 bits per heavy atom. The molecule has 0 unspecified atom stereocenters. The van der Waals surface area contributed by atoms with Gasteiger partial charge in [0.1, 0.15) is 5.82 Å². The average molecular weight is 317 g/mol. The molecule has 19 heavy (non-hydrogen) atoms. The maximum atomic E-state index is 12.0. The summed E-state index contributed by atoms with van der Waals surface area (Å²) in [5.41, 5.74) is 6.12. The molecule has 0 aliphatic rings. The largest absolute Gasteiger partial charge is 0.396 e. The highest BCUT2D eigenvalue weighted by atomic mass is 35.5. The predicted octanol–water partition coefficient (Wildman–Crippen LogP) is 3.88. The van der Waals surface area contributed by atoms with Crippen LogP contribution in [-0.4, -0.2) is 10.9 Å². The number of nitrogen functional groups attached to an aromatic ring is 1. The number of benzene rings is 1. The summed E-state index contributed by atoms with van der Waals surface area (Å²) in [4.78, 5) is 15.9. The topological polar surface area (TPSA) is 68.0 Å². The summed E-state index contributed by atoms with van der Waals surface area (Å²) in [6.45, 7) is 0. The van der Waals surface area contributed by atoms with Crippen LogP contribution in [0.25, 0.3) is 0 Å². The maximum Gasteiger partial charge on any atom is 0.256 e. The molecule has 0 aliphatic carbocycles. The van der Waals surface area contributed by atoms with Crippen molar-refractivity contribution < 1.29 is 4.79 Å². The summed E-state index contributed by atoms with van der Waals surface area (Å²) in [7, 11) is 0. The third kappa shape index (κ3) is 3.29. The number of hydrogen-bond acceptors (Lipinski definition) is 3. The van der Waals surface area contributed by atoms with Gasteiger partial charge in [-0.25, -0.2) is 4.98 Å². The molecule has 4 nitrogen and oxygen atoms in total.